The van der Waals surface area contributed by atoms with Crippen LogP contribution in [0.25, 0.3) is 0 Å². The SMILES string of the molecule is CCCCN(CC(CCC)NCC)C1CC1. The first-order valence-electron chi connectivity index (χ1n) is 7.29. The highest BCUT2D eigenvalue weighted by molar-refractivity contribution is 4.86. The van der Waals surface area contributed by atoms with Gasteiger partial charge in [0.15, 0.2) is 0 Å². The summed E-state index contributed by atoms with van der Waals surface area (Å²) in [6, 6.07) is 1.64. The molecular weight excluding hydrogens is 196 g/mol. The second-order valence-electron chi connectivity index (χ2n) is 5.12. The molecule has 2 heteroatoms. The van der Waals surface area contributed by atoms with Gasteiger partial charge in [0.05, 0.1) is 0 Å². The van der Waals surface area contributed by atoms with Crippen molar-refractivity contribution in [3.63, 3.8) is 0 Å². The Morgan fingerprint density at radius 3 is 2.44 bits per heavy atom. The van der Waals surface area contributed by atoms with Crippen LogP contribution < -0.4 is 5.32 Å². The average Bonchev–Trinajstić information content (AvgIpc) is 3.08. The molecule has 0 amide bonds. The van der Waals surface area contributed by atoms with Crippen molar-refractivity contribution in [2.24, 2.45) is 0 Å². The number of likely N-dealkylation sites (N-methyl/N-ethyl adjacent to an activating group) is 1. The van der Waals surface area contributed by atoms with Gasteiger partial charge in [-0.2, -0.15) is 0 Å². The molecule has 0 saturated heterocycles. The molecule has 0 aliphatic heterocycles. The fraction of sp³-hybridized carbons (Fsp3) is 1.00. The molecule has 0 heterocycles. The summed E-state index contributed by atoms with van der Waals surface area (Å²) in [5.41, 5.74) is 0. The molecule has 0 radical (unpaired) electrons. The summed E-state index contributed by atoms with van der Waals surface area (Å²) in [7, 11) is 0. The van der Waals surface area contributed by atoms with E-state index in [0.29, 0.717) is 6.04 Å². The normalized spacial score (nSPS) is 18.0. The van der Waals surface area contributed by atoms with Gasteiger partial charge in [-0.05, 0) is 38.8 Å². The highest BCUT2D eigenvalue weighted by Gasteiger charge is 2.29. The molecule has 0 aromatic rings. The molecule has 1 aliphatic rings. The Hall–Kier alpha value is -0.0800. The molecule has 1 N–H and O–H groups in total. The van der Waals surface area contributed by atoms with Gasteiger partial charge < -0.3 is 5.32 Å². The fourth-order valence-corrected chi connectivity index (χ4v) is 2.40. The zero-order valence-corrected chi connectivity index (χ0v) is 11.5. The first-order chi connectivity index (χ1) is 7.81. The molecule has 0 aromatic heterocycles. The summed E-state index contributed by atoms with van der Waals surface area (Å²) in [5, 5.41) is 3.63. The summed E-state index contributed by atoms with van der Waals surface area (Å²) in [5.74, 6) is 0. The minimum Gasteiger partial charge on any atom is -0.313 e. The van der Waals surface area contributed by atoms with E-state index in [9.17, 15) is 0 Å². The van der Waals surface area contributed by atoms with Crippen LogP contribution in [0.5, 0.6) is 0 Å². The Morgan fingerprint density at radius 2 is 1.94 bits per heavy atom. The van der Waals surface area contributed by atoms with E-state index >= 15 is 0 Å². The van der Waals surface area contributed by atoms with Crippen molar-refractivity contribution in [1.82, 2.24) is 10.2 Å². The summed E-state index contributed by atoms with van der Waals surface area (Å²) >= 11 is 0. The van der Waals surface area contributed by atoms with Gasteiger partial charge in [-0.15, -0.1) is 0 Å². The molecule has 0 bridgehead atoms. The lowest BCUT2D eigenvalue weighted by molar-refractivity contribution is 0.224. The first kappa shape index (κ1) is 14.0. The number of nitrogens with zero attached hydrogens (tertiary/aromatic N) is 1. The summed E-state index contributed by atoms with van der Waals surface area (Å²) in [6.45, 7) is 10.5. The molecule has 1 fully saturated rings. The molecule has 1 aliphatic carbocycles. The molecule has 16 heavy (non-hydrogen) atoms. The van der Waals surface area contributed by atoms with E-state index in [0.717, 1.165) is 12.6 Å². The van der Waals surface area contributed by atoms with Crippen LogP contribution in [-0.4, -0.2) is 36.6 Å². The molecule has 1 unspecified atom stereocenters. The minimum atomic E-state index is 0.715. The van der Waals surface area contributed by atoms with Gasteiger partial charge in [0, 0.05) is 18.6 Å². The van der Waals surface area contributed by atoms with Gasteiger partial charge >= 0.3 is 0 Å². The zero-order chi connectivity index (χ0) is 11.8. The van der Waals surface area contributed by atoms with Gasteiger partial charge in [-0.1, -0.05) is 33.6 Å². The van der Waals surface area contributed by atoms with E-state index in [-0.39, 0.29) is 0 Å². The number of hydrogen-bond donors (Lipinski definition) is 1. The van der Waals surface area contributed by atoms with Crippen LogP contribution in [0.15, 0.2) is 0 Å². The number of unbranched alkanes of at least 4 members (excludes halogenated alkanes) is 1. The maximum atomic E-state index is 3.63. The second-order valence-corrected chi connectivity index (χ2v) is 5.12. The van der Waals surface area contributed by atoms with Gasteiger partial charge in [-0.3, -0.25) is 4.90 Å². The predicted octanol–water partition coefficient (Wildman–Crippen LogP) is 3.03. The average molecular weight is 226 g/mol. The summed E-state index contributed by atoms with van der Waals surface area (Å²) < 4.78 is 0. The van der Waals surface area contributed by atoms with Crippen LogP contribution in [-0.2, 0) is 0 Å². The quantitative estimate of drug-likeness (QED) is 0.616. The number of hydrogen-bond acceptors (Lipinski definition) is 2. The Labute approximate surface area is 102 Å². The molecule has 96 valence electrons. The molecule has 1 atom stereocenters. The van der Waals surface area contributed by atoms with Gasteiger partial charge in [0.25, 0.3) is 0 Å². The Balaban J connectivity index is 2.31. The third-order valence-electron chi connectivity index (χ3n) is 3.45. The molecule has 2 nitrogen and oxygen atoms in total. The Morgan fingerprint density at radius 1 is 1.19 bits per heavy atom. The van der Waals surface area contributed by atoms with Gasteiger partial charge in [0.1, 0.15) is 0 Å². The predicted molar refractivity (Wildman–Crippen MR) is 71.9 cm³/mol. The standard InChI is InChI=1S/C14H30N2/c1-4-7-11-16(14-9-10-14)12-13(8-5-2)15-6-3/h13-15H,4-12H2,1-3H3. The van der Waals surface area contributed by atoms with E-state index < -0.39 is 0 Å². The van der Waals surface area contributed by atoms with Crippen LogP contribution in [0.3, 0.4) is 0 Å². The van der Waals surface area contributed by atoms with E-state index in [1.54, 1.807) is 0 Å². The lowest BCUT2D eigenvalue weighted by atomic mass is 10.1. The molecule has 1 rings (SSSR count). The minimum absolute atomic E-state index is 0.715. The van der Waals surface area contributed by atoms with Crippen LogP contribution >= 0.6 is 0 Å². The van der Waals surface area contributed by atoms with Crippen molar-refractivity contribution in [1.29, 1.82) is 0 Å². The van der Waals surface area contributed by atoms with E-state index in [2.05, 4.69) is 31.0 Å². The molecule has 0 aromatic carbocycles. The van der Waals surface area contributed by atoms with E-state index in [1.165, 1.54) is 51.6 Å². The summed E-state index contributed by atoms with van der Waals surface area (Å²) in [4.78, 5) is 2.73. The fourth-order valence-electron chi connectivity index (χ4n) is 2.40. The highest BCUT2D eigenvalue weighted by Crippen LogP contribution is 2.27. The van der Waals surface area contributed by atoms with E-state index in [1.807, 2.05) is 0 Å². The first-order valence-corrected chi connectivity index (χ1v) is 7.29. The van der Waals surface area contributed by atoms with Crippen LogP contribution in [0.4, 0.5) is 0 Å². The molecular formula is C14H30N2. The molecule has 1 saturated carbocycles. The second kappa shape index (κ2) is 8.08. The van der Waals surface area contributed by atoms with Crippen molar-refractivity contribution in [2.45, 2.75) is 71.4 Å². The van der Waals surface area contributed by atoms with E-state index in [4.69, 9.17) is 0 Å². The van der Waals surface area contributed by atoms with Crippen molar-refractivity contribution >= 4 is 0 Å². The highest BCUT2D eigenvalue weighted by atomic mass is 15.2. The molecule has 0 spiro atoms. The smallest absolute Gasteiger partial charge is 0.0194 e. The topological polar surface area (TPSA) is 15.3 Å². The van der Waals surface area contributed by atoms with Crippen molar-refractivity contribution < 1.29 is 0 Å². The largest absolute Gasteiger partial charge is 0.313 e. The third kappa shape index (κ3) is 5.31. The maximum Gasteiger partial charge on any atom is 0.0194 e. The van der Waals surface area contributed by atoms with Crippen molar-refractivity contribution in [3.8, 4) is 0 Å². The van der Waals surface area contributed by atoms with Crippen LogP contribution in [0.1, 0.15) is 59.3 Å². The van der Waals surface area contributed by atoms with Crippen LogP contribution in [0, 0.1) is 0 Å². The maximum absolute atomic E-state index is 3.63. The lowest BCUT2D eigenvalue weighted by Crippen LogP contribution is -2.42. The summed E-state index contributed by atoms with van der Waals surface area (Å²) in [6.07, 6.45) is 8.18. The van der Waals surface area contributed by atoms with Crippen molar-refractivity contribution in [3.05, 3.63) is 0 Å². The lowest BCUT2D eigenvalue weighted by Gasteiger charge is -2.27. The third-order valence-corrected chi connectivity index (χ3v) is 3.45. The number of nitrogens with one attached hydrogen (secondary N) is 1. The van der Waals surface area contributed by atoms with Gasteiger partial charge in [0.2, 0.25) is 0 Å². The Kier molecular flexibility index (Phi) is 7.06. The van der Waals surface area contributed by atoms with Crippen LogP contribution in [0.2, 0.25) is 0 Å². The monoisotopic (exact) mass is 226 g/mol. The number of rotatable bonds is 10. The van der Waals surface area contributed by atoms with Crippen molar-refractivity contribution in [2.75, 3.05) is 19.6 Å². The van der Waals surface area contributed by atoms with Gasteiger partial charge in [-0.25, -0.2) is 0 Å². The zero-order valence-electron chi connectivity index (χ0n) is 11.5. The Bertz CT molecular complexity index is 160.